The zero-order valence-corrected chi connectivity index (χ0v) is 39.2. The number of hydrogen-bond acceptors (Lipinski definition) is 14. The van der Waals surface area contributed by atoms with Crippen molar-refractivity contribution < 1.29 is 61.8 Å². The molecular formula is C40H44N4O14S6. The van der Waals surface area contributed by atoms with Gasteiger partial charge in [-0.15, -0.1) is 23.5 Å². The van der Waals surface area contributed by atoms with E-state index in [1.807, 2.05) is 13.8 Å². The van der Waals surface area contributed by atoms with Crippen molar-refractivity contribution in [2.45, 2.75) is 43.2 Å². The number of carbonyl (C=O) groups is 2. The molecule has 2 fully saturated rings. The van der Waals surface area contributed by atoms with Gasteiger partial charge in [0.05, 0.1) is 36.2 Å². The third-order valence-electron chi connectivity index (χ3n) is 9.73. The molecule has 0 unspecified atom stereocenters. The number of hydrogen-bond donors (Lipinski definition) is 4. The first-order chi connectivity index (χ1) is 30.2. The van der Waals surface area contributed by atoms with Crippen LogP contribution in [0.2, 0.25) is 0 Å². The lowest BCUT2D eigenvalue weighted by atomic mass is 10.1. The SMILES string of the molecule is CCSc1ccc(C(=O)Nc2ccc(C=Cc3ccc(NC(=O)c4ccc(SCC)c(S(=O)(=O)N5CCOCC5)c4)cc3S(=O)(=O)O)c(S(=O)(=O)O)c2)cc1S(=O)(=O)N1CCOCC1. The van der Waals surface area contributed by atoms with Crippen LogP contribution >= 0.6 is 23.5 Å². The van der Waals surface area contributed by atoms with E-state index in [2.05, 4.69) is 10.6 Å². The Kier molecular flexibility index (Phi) is 15.8. The van der Waals surface area contributed by atoms with Gasteiger partial charge in [0.15, 0.2) is 0 Å². The fourth-order valence-electron chi connectivity index (χ4n) is 6.64. The number of amides is 2. The van der Waals surface area contributed by atoms with E-state index in [1.165, 1.54) is 92.8 Å². The summed E-state index contributed by atoms with van der Waals surface area (Å²) in [6.45, 7) is 5.12. The Hall–Kier alpha value is -4.18. The number of carbonyl (C=O) groups excluding carboxylic acids is 2. The topological polar surface area (TPSA) is 260 Å². The average Bonchev–Trinajstić information content (AvgIpc) is 3.26. The standard InChI is InChI=1S/C40H44N4O14S6/c1-3-59-33-13-9-29(23-37(33)61(47,48)43-15-19-57-20-16-43)39(45)41-31-11-7-27(35(25-31)63(51,52)53)5-6-28-8-12-32(26-36(28)64(54,55)56)42-40(46)30-10-14-34(60-4-2)38(24-30)62(49,50)44-17-21-58-22-18-44/h5-14,23-26H,3-4,15-22H2,1-2H3,(H,41,45)(H,42,46)(H,51,52,53)(H,54,55,56). The molecule has 0 radical (unpaired) electrons. The predicted molar refractivity (Wildman–Crippen MR) is 242 cm³/mol. The Morgan fingerprint density at radius 3 is 1.25 bits per heavy atom. The highest BCUT2D eigenvalue weighted by Gasteiger charge is 2.31. The number of morpholine rings is 2. The molecule has 0 aliphatic carbocycles. The highest BCUT2D eigenvalue weighted by molar-refractivity contribution is 8.00. The molecule has 0 saturated carbocycles. The van der Waals surface area contributed by atoms with Gasteiger partial charge in [0.25, 0.3) is 32.1 Å². The van der Waals surface area contributed by atoms with E-state index in [0.717, 1.165) is 24.3 Å². The molecule has 4 aromatic rings. The minimum absolute atomic E-state index is 0.0486. The molecule has 4 N–H and O–H groups in total. The monoisotopic (exact) mass is 996 g/mol. The Morgan fingerprint density at radius 2 is 0.922 bits per heavy atom. The van der Waals surface area contributed by atoms with Crippen LogP contribution in [0, 0.1) is 0 Å². The number of sulfonamides is 2. The van der Waals surface area contributed by atoms with Crippen molar-refractivity contribution >= 4 is 99.1 Å². The minimum Gasteiger partial charge on any atom is -0.379 e. The highest BCUT2D eigenvalue weighted by atomic mass is 32.2. The van der Waals surface area contributed by atoms with Crippen molar-refractivity contribution in [2.24, 2.45) is 0 Å². The van der Waals surface area contributed by atoms with Gasteiger partial charge < -0.3 is 20.1 Å². The lowest BCUT2D eigenvalue weighted by Gasteiger charge is -2.27. The first-order valence-corrected chi connectivity index (χ1v) is 27.2. The summed E-state index contributed by atoms with van der Waals surface area (Å²) in [5.74, 6) is -0.460. The molecule has 64 heavy (non-hydrogen) atoms. The van der Waals surface area contributed by atoms with Crippen molar-refractivity contribution in [1.82, 2.24) is 8.61 Å². The van der Waals surface area contributed by atoms with Gasteiger partial charge in [0.2, 0.25) is 20.0 Å². The number of nitrogens with one attached hydrogen (secondary N) is 2. The van der Waals surface area contributed by atoms with Crippen LogP contribution in [0.5, 0.6) is 0 Å². The minimum atomic E-state index is -4.98. The van der Waals surface area contributed by atoms with Gasteiger partial charge in [-0.05, 0) is 83.3 Å². The normalized spacial score (nSPS) is 15.9. The number of nitrogens with zero attached hydrogens (tertiary/aromatic N) is 2. The molecule has 0 aromatic heterocycles. The largest absolute Gasteiger partial charge is 0.379 e. The van der Waals surface area contributed by atoms with E-state index in [1.54, 1.807) is 0 Å². The molecular weight excluding hydrogens is 953 g/mol. The molecule has 6 rings (SSSR count). The highest BCUT2D eigenvalue weighted by Crippen LogP contribution is 2.33. The fourth-order valence-corrected chi connectivity index (χ4v) is 13.4. The second-order valence-electron chi connectivity index (χ2n) is 13.9. The van der Waals surface area contributed by atoms with E-state index in [9.17, 15) is 52.4 Å². The van der Waals surface area contributed by atoms with Crippen LogP contribution in [-0.4, -0.2) is 127 Å². The quantitative estimate of drug-likeness (QED) is 0.0645. The fraction of sp³-hybridized carbons (Fsp3) is 0.300. The molecule has 18 nitrogen and oxygen atoms in total. The van der Waals surface area contributed by atoms with E-state index in [-0.39, 0.29) is 96.0 Å². The van der Waals surface area contributed by atoms with Gasteiger partial charge in [-0.1, -0.05) is 38.1 Å². The van der Waals surface area contributed by atoms with Crippen LogP contribution in [0.1, 0.15) is 45.7 Å². The Morgan fingerprint density at radius 1 is 0.562 bits per heavy atom. The number of anilines is 2. The lowest BCUT2D eigenvalue weighted by molar-refractivity contribution is 0.0729. The summed E-state index contributed by atoms with van der Waals surface area (Å²) in [6.07, 6.45) is 2.27. The van der Waals surface area contributed by atoms with Crippen molar-refractivity contribution in [3.05, 3.63) is 95.1 Å². The summed E-state index contributed by atoms with van der Waals surface area (Å²) in [6, 6.07) is 15.3. The van der Waals surface area contributed by atoms with E-state index < -0.39 is 61.9 Å². The third kappa shape index (κ3) is 11.6. The van der Waals surface area contributed by atoms with E-state index in [0.29, 0.717) is 21.3 Å². The van der Waals surface area contributed by atoms with Crippen molar-refractivity contribution in [3.63, 3.8) is 0 Å². The van der Waals surface area contributed by atoms with Gasteiger partial charge >= 0.3 is 0 Å². The van der Waals surface area contributed by atoms with Gasteiger partial charge in [-0.3, -0.25) is 18.7 Å². The summed E-state index contributed by atoms with van der Waals surface area (Å²) in [4.78, 5) is 26.2. The average molecular weight is 997 g/mol. The molecule has 2 saturated heterocycles. The van der Waals surface area contributed by atoms with E-state index >= 15 is 0 Å². The van der Waals surface area contributed by atoms with Crippen LogP contribution in [0.4, 0.5) is 11.4 Å². The molecule has 2 aliphatic heterocycles. The molecule has 24 heteroatoms. The van der Waals surface area contributed by atoms with Crippen LogP contribution in [0.25, 0.3) is 12.2 Å². The van der Waals surface area contributed by atoms with Gasteiger partial charge in [-0.2, -0.15) is 25.4 Å². The summed E-state index contributed by atoms with van der Waals surface area (Å²) in [7, 11) is -18.0. The number of thioether (sulfide) groups is 2. The first kappa shape index (κ1) is 49.3. The maximum atomic E-state index is 13.6. The van der Waals surface area contributed by atoms with Gasteiger partial charge in [0, 0.05) is 58.5 Å². The maximum Gasteiger partial charge on any atom is 0.295 e. The number of benzene rings is 4. The maximum absolute atomic E-state index is 13.6. The van der Waals surface area contributed by atoms with Crippen LogP contribution in [0.3, 0.4) is 0 Å². The lowest BCUT2D eigenvalue weighted by Crippen LogP contribution is -2.40. The second kappa shape index (κ2) is 20.6. The van der Waals surface area contributed by atoms with Crippen molar-refractivity contribution in [1.29, 1.82) is 0 Å². The van der Waals surface area contributed by atoms with Gasteiger partial charge in [0.1, 0.15) is 9.79 Å². The number of ether oxygens (including phenoxy) is 2. The summed E-state index contributed by atoms with van der Waals surface area (Å²) in [5, 5.41) is 5.04. The Bertz CT molecular complexity index is 2720. The van der Waals surface area contributed by atoms with Crippen molar-refractivity contribution in [2.75, 3.05) is 74.7 Å². The molecule has 2 heterocycles. The molecule has 344 valence electrons. The predicted octanol–water partition coefficient (Wildman–Crippen LogP) is 5.12. The third-order valence-corrected chi connectivity index (χ3v) is 17.6. The summed E-state index contributed by atoms with van der Waals surface area (Å²) in [5.41, 5.74) is -0.608. The first-order valence-electron chi connectivity index (χ1n) is 19.5. The zero-order chi connectivity index (χ0) is 46.5. The molecule has 0 spiro atoms. The molecule has 2 amide bonds. The van der Waals surface area contributed by atoms with Crippen LogP contribution < -0.4 is 10.6 Å². The molecule has 0 bridgehead atoms. The summed E-state index contributed by atoms with van der Waals surface area (Å²) < 4.78 is 138. The smallest absolute Gasteiger partial charge is 0.295 e. The molecule has 2 aliphatic rings. The Labute approximate surface area is 380 Å². The summed E-state index contributed by atoms with van der Waals surface area (Å²) >= 11 is 2.56. The second-order valence-corrected chi connectivity index (χ2v) is 23.1. The van der Waals surface area contributed by atoms with Gasteiger partial charge in [-0.25, -0.2) is 16.8 Å². The van der Waals surface area contributed by atoms with Crippen molar-refractivity contribution in [3.8, 4) is 0 Å². The molecule has 0 atom stereocenters. The zero-order valence-electron chi connectivity index (χ0n) is 34.3. The van der Waals surface area contributed by atoms with Crippen LogP contribution in [0.15, 0.2) is 102 Å². The van der Waals surface area contributed by atoms with E-state index in [4.69, 9.17) is 9.47 Å². The Balaban J connectivity index is 1.24. The number of rotatable bonds is 16. The molecule has 4 aromatic carbocycles. The van der Waals surface area contributed by atoms with Crippen LogP contribution in [-0.2, 0) is 49.8 Å².